The molecule has 1 heterocycles. The number of benzene rings is 18. The summed E-state index contributed by atoms with van der Waals surface area (Å²) in [6.45, 7) is 2.32. The molecule has 1 unspecified atom stereocenters. The summed E-state index contributed by atoms with van der Waals surface area (Å²) >= 11 is 0. The van der Waals surface area contributed by atoms with Gasteiger partial charge in [0.15, 0.2) is 5.60 Å². The Morgan fingerprint density at radius 1 is 0.231 bits per heavy atom. The molecule has 1 atom stereocenters. The Morgan fingerprint density at radius 3 is 0.538 bits per heavy atom. The Labute approximate surface area is 350 Å². The molecule has 0 N–H and O–H groups in total. The summed E-state index contributed by atoms with van der Waals surface area (Å²) in [5, 5.41) is 84.9. The van der Waals surface area contributed by atoms with E-state index in [1.165, 1.54) is 86.9 Å². The maximum absolute atomic E-state index is 15.6. The monoisotopic (exact) mass is 792 g/mol. The largest absolute Gasteiger partial charge is 0.448 e. The first-order chi connectivity index (χ1) is 32.3. The number of esters is 1. The van der Waals surface area contributed by atoms with E-state index in [2.05, 4.69) is 6.92 Å². The van der Waals surface area contributed by atoms with E-state index in [9.17, 15) is 0 Å². The minimum Gasteiger partial charge on any atom is -0.448 e. The molecule has 0 saturated carbocycles. The number of carbonyl (C=O) groups excluding carboxylic acids is 1. The molecule has 0 radical (unpaired) electrons. The standard InChI is InChI=1S/C63H4O2/c1-2-61(64)65-63-59-53-47-37-25-17-9-5-3-4-7-11(9)19(25)29-23-15(7)16-8(4)12-10-6(3)14-13(5)21-27(17)35-41-31(21)32-22(14)28-18(10)26-20(12)30-24(16)34-33(23)45(39(29)47)55(59)56-46(34)40(30)48-38(26)44-36(28)42(32)50-49(41)57(51(53)43(35)37)62(2,63)58(50)52(44)54(48)60(56)63/h2H,1H3. The van der Waals surface area contributed by atoms with Crippen LogP contribution in [0.3, 0.4) is 0 Å². The Bertz CT molecular complexity index is 6880. The van der Waals surface area contributed by atoms with Crippen LogP contribution in [0.2, 0.25) is 0 Å². The third kappa shape index (κ3) is 1.13. The van der Waals surface area contributed by atoms with Crippen LogP contribution in [-0.2, 0) is 20.5 Å². The molecule has 5 aliphatic rings. The van der Waals surface area contributed by atoms with E-state index in [4.69, 9.17) is 4.74 Å². The van der Waals surface area contributed by atoms with Gasteiger partial charge in [-0.2, -0.15) is 0 Å². The van der Waals surface area contributed by atoms with Crippen LogP contribution >= 0.6 is 0 Å². The topological polar surface area (TPSA) is 26.3 Å². The lowest BCUT2D eigenvalue weighted by molar-refractivity contribution is -0.148. The van der Waals surface area contributed by atoms with E-state index in [0.717, 1.165) is 0 Å². The zero-order chi connectivity index (χ0) is 38.3. The molecule has 0 amide bonds. The van der Waals surface area contributed by atoms with Gasteiger partial charge in [-0.3, -0.25) is 4.79 Å². The van der Waals surface area contributed by atoms with Gasteiger partial charge in [0, 0.05) is 11.1 Å². The highest BCUT2D eigenvalue weighted by molar-refractivity contribution is 6.82. The maximum Gasteiger partial charge on any atom is 0.311 e. The van der Waals surface area contributed by atoms with Crippen molar-refractivity contribution in [2.75, 3.05) is 0 Å². The number of hydrogen-bond donors (Lipinski definition) is 0. The molecule has 268 valence electrons. The molecule has 4 aliphatic carbocycles. The fourth-order valence-corrected chi connectivity index (χ4v) is 24.6. The van der Waals surface area contributed by atoms with Crippen LogP contribution in [0.15, 0.2) is 0 Å². The van der Waals surface area contributed by atoms with E-state index in [-0.39, 0.29) is 11.9 Å². The van der Waals surface area contributed by atoms with Gasteiger partial charge in [0.2, 0.25) is 0 Å². The molecular formula is C63H4O2. The van der Waals surface area contributed by atoms with Crippen LogP contribution in [-0.4, -0.2) is 5.97 Å². The number of hydrogen-bond acceptors (Lipinski definition) is 2. The van der Waals surface area contributed by atoms with Crippen molar-refractivity contribution in [3.05, 3.63) is 22.3 Å². The molecule has 33 rings (SSSR count). The van der Waals surface area contributed by atoms with Gasteiger partial charge >= 0.3 is 5.97 Å². The van der Waals surface area contributed by atoms with Crippen LogP contribution in [0.4, 0.5) is 0 Å². The summed E-state index contributed by atoms with van der Waals surface area (Å²) < 4.78 is 7.82. The molecule has 65 heavy (non-hydrogen) atoms. The highest BCUT2D eigenvalue weighted by Gasteiger charge is 2.78. The summed E-state index contributed by atoms with van der Waals surface area (Å²) in [6.07, 6.45) is 0. The predicted octanol–water partition coefficient (Wildman–Crippen LogP) is 16.4. The first kappa shape index (κ1) is 23.0. The second-order valence-electron chi connectivity index (χ2n) is 24.4. The van der Waals surface area contributed by atoms with Gasteiger partial charge in [-0.05, 0) is 302 Å². The van der Waals surface area contributed by atoms with Crippen molar-refractivity contribution < 1.29 is 9.53 Å². The van der Waals surface area contributed by atoms with Gasteiger partial charge in [-0.1, -0.05) is 6.92 Å². The van der Waals surface area contributed by atoms with E-state index in [1.807, 2.05) is 0 Å². The zero-order valence-corrected chi connectivity index (χ0v) is 32.9. The molecule has 1 saturated heterocycles. The van der Waals surface area contributed by atoms with E-state index in [1.54, 1.807) is 226 Å². The van der Waals surface area contributed by atoms with E-state index >= 15 is 4.79 Å². The van der Waals surface area contributed by atoms with Gasteiger partial charge < -0.3 is 4.74 Å². The minimum absolute atomic E-state index is 0.0139. The number of rotatable bonds is 0. The molecule has 0 bridgehead atoms. The van der Waals surface area contributed by atoms with Crippen molar-refractivity contribution >= 4 is 297 Å². The zero-order valence-electron chi connectivity index (χ0n) is 32.9. The van der Waals surface area contributed by atoms with Gasteiger partial charge in [-0.15, -0.1) is 0 Å². The Morgan fingerprint density at radius 2 is 0.369 bits per heavy atom. The SMILES string of the molecule is CC1C(=O)OC23c4c5c6c7c8c9c(c%10c%11c2c2c4c4c%12c5c5c6c6c8c8c%13c9c9c%10c%10c%11c%11c2c2c4c4c%12c%12c5c5c6c8c6c8c%13c9c9c%10c%10c%11c2c2c4c4c%12c5c6c5c8c9c%10c2c45)C713. The molecular weight excluding hydrogens is 789 g/mol. The molecule has 2 spiro atoms. The molecule has 2 nitrogen and oxygen atoms in total. The maximum atomic E-state index is 15.6. The minimum atomic E-state index is -0.908. The molecule has 28 aromatic carbocycles. The number of carbonyl (C=O) groups is 1. The van der Waals surface area contributed by atoms with Crippen LogP contribution < -0.4 is 0 Å². The molecule has 1 aliphatic heterocycles. The average Bonchev–Trinajstić information content (AvgIpc) is 4.15. The smallest absolute Gasteiger partial charge is 0.311 e. The highest BCUT2D eigenvalue weighted by atomic mass is 16.6. The lowest BCUT2D eigenvalue weighted by atomic mass is 9.52. The van der Waals surface area contributed by atoms with Gasteiger partial charge in [0.05, 0.1) is 11.3 Å². The third-order valence-electron chi connectivity index (χ3n) is 24.6. The second-order valence-corrected chi connectivity index (χ2v) is 24.4. The van der Waals surface area contributed by atoms with Crippen molar-refractivity contribution in [2.24, 2.45) is 5.92 Å². The summed E-state index contributed by atoms with van der Waals surface area (Å²) in [4.78, 5) is 15.6. The number of ether oxygens (including phenoxy) is 1. The Kier molecular flexibility index (Phi) is 1.75. The molecule has 0 aromatic heterocycles. The van der Waals surface area contributed by atoms with Crippen molar-refractivity contribution in [1.82, 2.24) is 0 Å². The van der Waals surface area contributed by atoms with Gasteiger partial charge in [0.25, 0.3) is 0 Å². The Balaban J connectivity index is 1.28. The second kappa shape index (κ2) is 4.93. The normalized spacial score (nSPS) is 24.5. The first-order valence-corrected chi connectivity index (χ1v) is 24.3. The highest BCUT2D eigenvalue weighted by Crippen LogP contribution is 2.86. The lowest BCUT2D eigenvalue weighted by Crippen LogP contribution is -2.51. The molecule has 1 fully saturated rings. The summed E-state index contributed by atoms with van der Waals surface area (Å²) in [5.74, 6) is -0.307. The van der Waals surface area contributed by atoms with Crippen LogP contribution in [0, 0.1) is 5.92 Å². The fourth-order valence-electron chi connectivity index (χ4n) is 24.6. The third-order valence-corrected chi connectivity index (χ3v) is 24.6. The summed E-state index contributed by atoms with van der Waals surface area (Å²) in [6, 6.07) is 0. The predicted molar refractivity (Wildman–Crippen MR) is 269 cm³/mol. The van der Waals surface area contributed by atoms with Crippen LogP contribution in [0.25, 0.3) is 291 Å². The van der Waals surface area contributed by atoms with Crippen molar-refractivity contribution in [3.63, 3.8) is 0 Å². The summed E-state index contributed by atoms with van der Waals surface area (Å²) in [5.41, 5.74) is 4.27. The summed E-state index contributed by atoms with van der Waals surface area (Å²) in [7, 11) is 0. The van der Waals surface area contributed by atoms with Crippen molar-refractivity contribution in [1.29, 1.82) is 0 Å². The Hall–Kier alpha value is -8.07. The van der Waals surface area contributed by atoms with Crippen LogP contribution in [0.5, 0.6) is 0 Å². The fraction of sp³-hybridized carbons (Fsp3) is 0.0635. The quantitative estimate of drug-likeness (QED) is 0.113. The average molecular weight is 793 g/mol. The lowest BCUT2D eigenvalue weighted by Gasteiger charge is -2.49. The van der Waals surface area contributed by atoms with Crippen molar-refractivity contribution in [3.8, 4) is 0 Å². The first-order valence-electron chi connectivity index (χ1n) is 24.3. The van der Waals surface area contributed by atoms with Crippen molar-refractivity contribution in [2.45, 2.75) is 17.9 Å². The molecule has 28 aromatic rings. The molecule has 2 heteroatoms. The van der Waals surface area contributed by atoms with Crippen LogP contribution in [0.1, 0.15) is 29.2 Å². The van der Waals surface area contributed by atoms with Gasteiger partial charge in [-0.25, -0.2) is 0 Å². The van der Waals surface area contributed by atoms with E-state index < -0.39 is 11.0 Å². The van der Waals surface area contributed by atoms with Gasteiger partial charge in [0.1, 0.15) is 0 Å². The van der Waals surface area contributed by atoms with E-state index in [0.29, 0.717) is 0 Å².